The highest BCUT2D eigenvalue weighted by Crippen LogP contribution is 2.28. The number of carbonyl (C=O) groups excluding carboxylic acids is 2. The van der Waals surface area contributed by atoms with Crippen LogP contribution in [0.4, 0.5) is 10.5 Å². The van der Waals surface area contributed by atoms with Crippen LogP contribution in [-0.4, -0.2) is 35.1 Å². The molecule has 2 amide bonds. The van der Waals surface area contributed by atoms with E-state index in [9.17, 15) is 9.59 Å². The largest absolute Gasteiger partial charge is 0.497 e. The van der Waals surface area contributed by atoms with E-state index in [0.717, 1.165) is 36.0 Å². The third-order valence-electron chi connectivity index (χ3n) is 3.05. The molecule has 1 heterocycles. The van der Waals surface area contributed by atoms with Crippen LogP contribution < -0.4 is 10.1 Å². The summed E-state index contributed by atoms with van der Waals surface area (Å²) in [6.45, 7) is 2.53. The van der Waals surface area contributed by atoms with E-state index in [1.807, 2.05) is 31.2 Å². The van der Waals surface area contributed by atoms with Crippen molar-refractivity contribution in [3.63, 3.8) is 0 Å². The quantitative estimate of drug-likeness (QED) is 0.874. The number of amides is 2. The van der Waals surface area contributed by atoms with Crippen LogP contribution >= 0.6 is 11.8 Å². The zero-order valence-electron chi connectivity index (χ0n) is 11.6. The van der Waals surface area contributed by atoms with Gasteiger partial charge in [-0.2, -0.15) is 0 Å². The lowest BCUT2D eigenvalue weighted by Gasteiger charge is -2.14. The minimum atomic E-state index is -0.534. The topological polar surface area (TPSA) is 58.6 Å². The zero-order valence-corrected chi connectivity index (χ0v) is 12.4. The smallest absolute Gasteiger partial charge is 0.290 e. The first-order valence-electron chi connectivity index (χ1n) is 6.58. The number of methoxy groups -OCH3 is 1. The maximum atomic E-state index is 12.1. The highest BCUT2D eigenvalue weighted by molar-refractivity contribution is 8.15. The van der Waals surface area contributed by atoms with Crippen molar-refractivity contribution in [1.82, 2.24) is 4.90 Å². The van der Waals surface area contributed by atoms with Gasteiger partial charge in [-0.05, 0) is 42.4 Å². The van der Waals surface area contributed by atoms with Crippen LogP contribution in [0.2, 0.25) is 0 Å². The molecule has 0 aliphatic carbocycles. The summed E-state index contributed by atoms with van der Waals surface area (Å²) < 4.78 is 5.08. The molecule has 6 heteroatoms. The number of rotatable bonds is 6. The van der Waals surface area contributed by atoms with Crippen molar-refractivity contribution in [2.24, 2.45) is 0 Å². The van der Waals surface area contributed by atoms with Crippen molar-refractivity contribution < 1.29 is 14.3 Å². The van der Waals surface area contributed by atoms with Gasteiger partial charge in [-0.15, -0.1) is 0 Å². The first kappa shape index (κ1) is 14.7. The van der Waals surface area contributed by atoms with Crippen molar-refractivity contribution in [1.29, 1.82) is 0 Å². The second kappa shape index (κ2) is 6.65. The van der Waals surface area contributed by atoms with E-state index in [0.29, 0.717) is 6.54 Å². The minimum Gasteiger partial charge on any atom is -0.497 e. The highest BCUT2D eigenvalue weighted by Gasteiger charge is 2.39. The summed E-state index contributed by atoms with van der Waals surface area (Å²) in [5.74, 6) is 0.589. The van der Waals surface area contributed by atoms with Gasteiger partial charge in [0.2, 0.25) is 0 Å². The van der Waals surface area contributed by atoms with E-state index in [1.165, 1.54) is 4.90 Å². The second-order valence-electron chi connectivity index (χ2n) is 4.48. The van der Waals surface area contributed by atoms with Crippen molar-refractivity contribution >= 4 is 28.6 Å². The number of anilines is 1. The number of hydrogen-bond acceptors (Lipinski definition) is 5. The molecule has 1 atom stereocenters. The van der Waals surface area contributed by atoms with Crippen molar-refractivity contribution in [2.45, 2.75) is 25.1 Å². The Kier molecular flexibility index (Phi) is 4.89. The van der Waals surface area contributed by atoms with E-state index in [2.05, 4.69) is 5.32 Å². The second-order valence-corrected chi connectivity index (χ2v) is 5.54. The molecule has 108 valence electrons. The van der Waals surface area contributed by atoms with Crippen LogP contribution in [0.15, 0.2) is 24.3 Å². The number of nitrogens with zero attached hydrogens (tertiary/aromatic N) is 1. The lowest BCUT2D eigenvalue weighted by Crippen LogP contribution is -2.35. The molecule has 1 aromatic carbocycles. The molecule has 1 fully saturated rings. The monoisotopic (exact) mass is 294 g/mol. The molecule has 20 heavy (non-hydrogen) atoms. The Morgan fingerprint density at radius 2 is 2.00 bits per heavy atom. The van der Waals surface area contributed by atoms with Crippen LogP contribution in [0.1, 0.15) is 19.8 Å². The lowest BCUT2D eigenvalue weighted by atomic mass is 10.3. The average molecular weight is 294 g/mol. The van der Waals surface area contributed by atoms with Crippen LogP contribution in [0.3, 0.4) is 0 Å². The molecular weight excluding hydrogens is 276 g/mol. The summed E-state index contributed by atoms with van der Waals surface area (Å²) in [6, 6.07) is 7.27. The maximum Gasteiger partial charge on any atom is 0.290 e. The molecule has 1 N–H and O–H groups in total. The zero-order chi connectivity index (χ0) is 14.5. The van der Waals surface area contributed by atoms with Gasteiger partial charge in [0.1, 0.15) is 5.75 Å². The Balaban J connectivity index is 1.99. The number of thioether (sulfide) groups is 1. The number of nitrogens with one attached hydrogen (secondary N) is 1. The van der Waals surface area contributed by atoms with Gasteiger partial charge in [-0.1, -0.05) is 13.3 Å². The first-order chi connectivity index (χ1) is 9.65. The van der Waals surface area contributed by atoms with Crippen molar-refractivity contribution in [3.05, 3.63) is 24.3 Å². The van der Waals surface area contributed by atoms with E-state index < -0.39 is 5.37 Å². The van der Waals surface area contributed by atoms with Crippen LogP contribution in [0, 0.1) is 0 Å². The Morgan fingerprint density at radius 3 is 2.60 bits per heavy atom. The average Bonchev–Trinajstić information content (AvgIpc) is 2.72. The van der Waals surface area contributed by atoms with E-state index >= 15 is 0 Å². The van der Waals surface area contributed by atoms with Gasteiger partial charge in [0, 0.05) is 12.2 Å². The number of carbonyl (C=O) groups is 2. The summed E-state index contributed by atoms with van der Waals surface area (Å²) >= 11 is 1.03. The number of hydrogen-bond donors (Lipinski definition) is 1. The molecule has 1 aliphatic heterocycles. The van der Waals surface area contributed by atoms with Gasteiger partial charge < -0.3 is 10.1 Å². The Bertz CT molecular complexity index is 490. The molecule has 1 saturated heterocycles. The molecule has 1 aliphatic rings. The molecule has 0 bridgehead atoms. The molecule has 0 spiro atoms. The van der Waals surface area contributed by atoms with Crippen LogP contribution in [-0.2, 0) is 4.79 Å². The predicted molar refractivity (Wildman–Crippen MR) is 80.0 cm³/mol. The molecule has 1 aromatic rings. The summed E-state index contributed by atoms with van der Waals surface area (Å²) in [7, 11) is 1.60. The van der Waals surface area contributed by atoms with Gasteiger partial charge >= 0.3 is 0 Å². The summed E-state index contributed by atoms with van der Waals surface area (Å²) in [5.41, 5.74) is 0.793. The summed E-state index contributed by atoms with van der Waals surface area (Å²) in [6.07, 6.45) is 1.80. The van der Waals surface area contributed by atoms with Crippen LogP contribution in [0.5, 0.6) is 5.75 Å². The number of unbranched alkanes of at least 4 members (excludes halogenated alkanes) is 1. The lowest BCUT2D eigenvalue weighted by molar-refractivity contribution is -0.126. The Hall–Kier alpha value is -1.69. The van der Waals surface area contributed by atoms with Gasteiger partial charge in [0.25, 0.3) is 11.1 Å². The first-order valence-corrected chi connectivity index (χ1v) is 7.46. The fourth-order valence-electron chi connectivity index (χ4n) is 1.89. The molecule has 0 unspecified atom stereocenters. The highest BCUT2D eigenvalue weighted by atomic mass is 32.2. The Labute approximate surface area is 122 Å². The molecular formula is C14H18N2O3S. The molecule has 2 rings (SSSR count). The Morgan fingerprint density at radius 1 is 1.30 bits per heavy atom. The fraction of sp³-hybridized carbons (Fsp3) is 0.429. The van der Waals surface area contributed by atoms with Gasteiger partial charge in [-0.3, -0.25) is 14.5 Å². The van der Waals surface area contributed by atoms with Crippen molar-refractivity contribution in [3.8, 4) is 5.75 Å². The van der Waals surface area contributed by atoms with Gasteiger partial charge in [-0.25, -0.2) is 0 Å². The van der Waals surface area contributed by atoms with Gasteiger partial charge in [0.05, 0.1) is 7.11 Å². The molecule has 5 nitrogen and oxygen atoms in total. The van der Waals surface area contributed by atoms with Gasteiger partial charge in [0.15, 0.2) is 5.37 Å². The third kappa shape index (κ3) is 3.25. The normalized spacial score (nSPS) is 18.5. The summed E-state index contributed by atoms with van der Waals surface area (Å²) in [5, 5.41) is 2.37. The van der Waals surface area contributed by atoms with E-state index in [-0.39, 0.29) is 11.1 Å². The predicted octanol–water partition coefficient (Wildman–Crippen LogP) is 2.93. The fourth-order valence-corrected chi connectivity index (χ4v) is 2.83. The molecule has 0 aromatic heterocycles. The van der Waals surface area contributed by atoms with E-state index in [1.54, 1.807) is 7.11 Å². The number of benzene rings is 1. The number of ether oxygens (including phenoxy) is 1. The molecule has 0 saturated carbocycles. The van der Waals surface area contributed by atoms with E-state index in [4.69, 9.17) is 4.74 Å². The molecule has 0 radical (unpaired) electrons. The third-order valence-corrected chi connectivity index (χ3v) is 4.03. The number of imide groups is 1. The summed E-state index contributed by atoms with van der Waals surface area (Å²) in [4.78, 5) is 25.3. The van der Waals surface area contributed by atoms with Crippen molar-refractivity contribution in [2.75, 3.05) is 19.0 Å². The van der Waals surface area contributed by atoms with Crippen LogP contribution in [0.25, 0.3) is 0 Å². The SMILES string of the molecule is CCCCN1C(=O)S[C@@H](Nc2ccc(OC)cc2)C1=O. The minimum absolute atomic E-state index is 0.163. The standard InChI is InChI=1S/C14H18N2O3S/c1-3-4-9-16-13(17)12(20-14(16)18)15-10-5-7-11(19-2)8-6-10/h5-8,12,15H,3-4,9H2,1-2H3/t12-/m1/s1. The maximum absolute atomic E-state index is 12.1.